The molecule has 10 heteroatoms. The van der Waals surface area contributed by atoms with Gasteiger partial charge in [0.2, 0.25) is 5.91 Å². The maximum atomic E-state index is 12.8. The van der Waals surface area contributed by atoms with E-state index >= 15 is 0 Å². The minimum Gasteiger partial charge on any atom is -0.497 e. The van der Waals surface area contributed by atoms with Gasteiger partial charge in [0, 0.05) is 11.1 Å². The number of carbonyl (C=O) groups excluding carboxylic acids is 5. The fraction of sp³-hybridized carbons (Fsp3) is 0.148. The molecule has 1 unspecified atom stereocenters. The van der Waals surface area contributed by atoms with Crippen molar-refractivity contribution in [1.82, 2.24) is 10.9 Å². The first kappa shape index (κ1) is 25.3. The first-order valence-electron chi connectivity index (χ1n) is 11.3. The Hall–Kier alpha value is -4.83. The van der Waals surface area contributed by atoms with Crippen LogP contribution >= 0.6 is 0 Å². The van der Waals surface area contributed by atoms with Crippen LogP contribution in [0.4, 0.5) is 5.69 Å². The van der Waals surface area contributed by atoms with Gasteiger partial charge in [-0.2, -0.15) is 0 Å². The number of nitrogens with zero attached hydrogens (tertiary/aromatic N) is 1. The molecule has 1 heterocycles. The monoisotopic (exact) mass is 501 g/mol. The van der Waals surface area contributed by atoms with E-state index in [1.54, 1.807) is 54.6 Å². The number of hydrazine groups is 1. The summed E-state index contributed by atoms with van der Waals surface area (Å²) in [5, 5.41) is 0. The highest BCUT2D eigenvalue weighted by Crippen LogP contribution is 2.23. The molecule has 3 aromatic carbocycles. The number of hydrogen-bond donors (Lipinski definition) is 2. The zero-order valence-corrected chi connectivity index (χ0v) is 19.8. The minimum absolute atomic E-state index is 0.148. The molecule has 0 radical (unpaired) electrons. The van der Waals surface area contributed by atoms with Crippen LogP contribution in [0.3, 0.4) is 0 Å². The number of ketones is 1. The molecule has 4 rings (SSSR count). The molecular formula is C27H23N3O7. The third-order valence-corrected chi connectivity index (χ3v) is 5.65. The van der Waals surface area contributed by atoms with E-state index in [-0.39, 0.29) is 23.5 Å². The number of rotatable bonds is 9. The van der Waals surface area contributed by atoms with Crippen LogP contribution in [-0.2, 0) is 14.3 Å². The van der Waals surface area contributed by atoms with Gasteiger partial charge in [-0.05, 0) is 60.7 Å². The van der Waals surface area contributed by atoms with Crippen molar-refractivity contribution in [3.8, 4) is 5.75 Å². The first-order valence-corrected chi connectivity index (χ1v) is 11.3. The highest BCUT2D eigenvalue weighted by atomic mass is 16.5. The van der Waals surface area contributed by atoms with Gasteiger partial charge in [-0.1, -0.05) is 18.2 Å². The van der Waals surface area contributed by atoms with Crippen molar-refractivity contribution in [2.75, 3.05) is 18.6 Å². The number of nitrogens with one attached hydrogen (secondary N) is 2. The van der Waals surface area contributed by atoms with Gasteiger partial charge in [-0.25, -0.2) is 15.1 Å². The van der Waals surface area contributed by atoms with E-state index in [0.717, 1.165) is 4.90 Å². The lowest BCUT2D eigenvalue weighted by Crippen LogP contribution is -2.48. The molecule has 1 aliphatic rings. The minimum atomic E-state index is -0.936. The Morgan fingerprint density at radius 2 is 1.51 bits per heavy atom. The molecule has 1 atom stereocenters. The smallest absolute Gasteiger partial charge is 0.338 e. The summed E-state index contributed by atoms with van der Waals surface area (Å²) in [5.74, 6) is -1.94. The van der Waals surface area contributed by atoms with Crippen LogP contribution in [-0.4, -0.2) is 49.2 Å². The van der Waals surface area contributed by atoms with Crippen molar-refractivity contribution in [2.45, 2.75) is 12.5 Å². The van der Waals surface area contributed by atoms with Crippen LogP contribution in [0.1, 0.15) is 37.5 Å². The van der Waals surface area contributed by atoms with Crippen molar-refractivity contribution in [2.24, 2.45) is 0 Å². The van der Waals surface area contributed by atoms with E-state index in [2.05, 4.69) is 10.9 Å². The SMILES string of the molecule is COc1ccc(C(=O)COC(=O)c2ccc(N3C(=O)CC(NNC(=O)c4ccccc4)C3=O)cc2)cc1. The molecule has 1 saturated heterocycles. The standard InChI is InChI=1S/C27H23N3O7/c1-36-21-13-9-17(10-14-21)23(31)16-37-27(35)19-7-11-20(12-8-19)30-24(32)15-22(26(30)34)28-29-25(33)18-5-3-2-4-6-18/h2-14,22,28H,15-16H2,1H3,(H,29,33). The third-order valence-electron chi connectivity index (χ3n) is 5.65. The topological polar surface area (TPSA) is 131 Å². The molecule has 0 bridgehead atoms. The summed E-state index contributed by atoms with van der Waals surface area (Å²) in [6, 6.07) is 19.6. The largest absolute Gasteiger partial charge is 0.497 e. The Morgan fingerprint density at radius 3 is 2.16 bits per heavy atom. The zero-order valence-electron chi connectivity index (χ0n) is 19.8. The molecule has 37 heavy (non-hydrogen) atoms. The maximum Gasteiger partial charge on any atom is 0.338 e. The molecule has 3 amide bonds. The maximum absolute atomic E-state index is 12.8. The normalized spacial score (nSPS) is 14.8. The molecule has 1 aliphatic heterocycles. The van der Waals surface area contributed by atoms with E-state index < -0.39 is 36.3 Å². The van der Waals surface area contributed by atoms with E-state index in [4.69, 9.17) is 9.47 Å². The second-order valence-electron chi connectivity index (χ2n) is 8.06. The number of carbonyl (C=O) groups is 5. The number of anilines is 1. The zero-order chi connectivity index (χ0) is 26.4. The summed E-state index contributed by atoms with van der Waals surface area (Å²) in [7, 11) is 1.52. The van der Waals surface area contributed by atoms with E-state index in [1.807, 2.05) is 0 Å². The lowest BCUT2D eigenvalue weighted by molar-refractivity contribution is -0.121. The molecule has 1 fully saturated rings. The van der Waals surface area contributed by atoms with Gasteiger partial charge in [0.25, 0.3) is 11.8 Å². The van der Waals surface area contributed by atoms with Gasteiger partial charge < -0.3 is 9.47 Å². The van der Waals surface area contributed by atoms with Gasteiger partial charge >= 0.3 is 5.97 Å². The van der Waals surface area contributed by atoms with Crippen molar-refractivity contribution in [1.29, 1.82) is 0 Å². The second-order valence-corrected chi connectivity index (χ2v) is 8.06. The van der Waals surface area contributed by atoms with Crippen LogP contribution in [0.5, 0.6) is 5.75 Å². The van der Waals surface area contributed by atoms with Crippen LogP contribution < -0.4 is 20.5 Å². The highest BCUT2D eigenvalue weighted by molar-refractivity contribution is 6.22. The Labute approximate surface area is 212 Å². The van der Waals surface area contributed by atoms with Crippen molar-refractivity contribution < 1.29 is 33.4 Å². The molecular weight excluding hydrogens is 478 g/mol. The second kappa shape index (κ2) is 11.3. The van der Waals surface area contributed by atoms with Gasteiger partial charge in [0.05, 0.1) is 24.8 Å². The number of benzene rings is 3. The summed E-state index contributed by atoms with van der Waals surface area (Å²) in [6.45, 7) is -0.446. The molecule has 3 aromatic rings. The van der Waals surface area contributed by atoms with Crippen molar-refractivity contribution in [3.63, 3.8) is 0 Å². The van der Waals surface area contributed by atoms with Gasteiger partial charge in [-0.3, -0.25) is 24.6 Å². The van der Waals surface area contributed by atoms with E-state index in [0.29, 0.717) is 16.9 Å². The number of methoxy groups -OCH3 is 1. The first-order chi connectivity index (χ1) is 17.9. The lowest BCUT2D eigenvalue weighted by Gasteiger charge is -2.16. The Kier molecular flexibility index (Phi) is 7.70. The fourth-order valence-corrected chi connectivity index (χ4v) is 3.65. The summed E-state index contributed by atoms with van der Waals surface area (Å²) in [5.41, 5.74) is 6.24. The van der Waals surface area contributed by atoms with Crippen LogP contribution in [0.25, 0.3) is 0 Å². The predicted molar refractivity (Wildman–Crippen MR) is 132 cm³/mol. The van der Waals surface area contributed by atoms with Crippen molar-refractivity contribution >= 4 is 35.2 Å². The molecule has 188 valence electrons. The Bertz CT molecular complexity index is 1320. The average Bonchev–Trinajstić information content (AvgIpc) is 3.23. The molecule has 0 spiro atoms. The third kappa shape index (κ3) is 5.88. The van der Waals surface area contributed by atoms with E-state index in [9.17, 15) is 24.0 Å². The number of hydrogen-bond acceptors (Lipinski definition) is 8. The predicted octanol–water partition coefficient (Wildman–Crippen LogP) is 2.30. The molecule has 10 nitrogen and oxygen atoms in total. The molecule has 0 aromatic heterocycles. The molecule has 0 saturated carbocycles. The summed E-state index contributed by atoms with van der Waals surface area (Å²) in [4.78, 5) is 63.1. The number of Topliss-reactive ketones (excluding diaryl/α,β-unsaturated/α-hetero) is 1. The fourth-order valence-electron chi connectivity index (χ4n) is 3.65. The van der Waals surface area contributed by atoms with Crippen LogP contribution in [0.2, 0.25) is 0 Å². The number of imide groups is 1. The van der Waals surface area contributed by atoms with Crippen LogP contribution in [0, 0.1) is 0 Å². The van der Waals surface area contributed by atoms with Gasteiger partial charge in [-0.15, -0.1) is 0 Å². The number of amides is 3. The Balaban J connectivity index is 1.32. The Morgan fingerprint density at radius 1 is 0.865 bits per heavy atom. The highest BCUT2D eigenvalue weighted by Gasteiger charge is 2.39. The quantitative estimate of drug-likeness (QED) is 0.198. The summed E-state index contributed by atoms with van der Waals surface area (Å²) >= 11 is 0. The van der Waals surface area contributed by atoms with E-state index in [1.165, 1.54) is 31.4 Å². The summed E-state index contributed by atoms with van der Waals surface area (Å²) < 4.78 is 10.1. The number of ether oxygens (including phenoxy) is 2. The number of esters is 1. The average molecular weight is 501 g/mol. The lowest BCUT2D eigenvalue weighted by atomic mass is 10.1. The molecule has 2 N–H and O–H groups in total. The van der Waals surface area contributed by atoms with Crippen molar-refractivity contribution in [3.05, 3.63) is 95.6 Å². The summed E-state index contributed by atoms with van der Waals surface area (Å²) in [6.07, 6.45) is -0.148. The van der Waals surface area contributed by atoms with Crippen LogP contribution in [0.15, 0.2) is 78.9 Å². The van der Waals surface area contributed by atoms with Gasteiger partial charge in [0.15, 0.2) is 12.4 Å². The molecule has 0 aliphatic carbocycles. The van der Waals surface area contributed by atoms with Gasteiger partial charge in [0.1, 0.15) is 11.8 Å².